The fourth-order valence-corrected chi connectivity index (χ4v) is 2.56. The van der Waals surface area contributed by atoms with Crippen molar-refractivity contribution < 1.29 is 27.2 Å². The molecule has 1 heterocycles. The van der Waals surface area contributed by atoms with Crippen molar-refractivity contribution in [2.24, 2.45) is 0 Å². The second-order valence-electron chi connectivity index (χ2n) is 5.80. The van der Waals surface area contributed by atoms with Gasteiger partial charge in [0.05, 0.1) is 11.8 Å². The van der Waals surface area contributed by atoms with Gasteiger partial charge in [-0.05, 0) is 24.3 Å². The van der Waals surface area contributed by atoms with Crippen LogP contribution in [0.4, 0.5) is 18.9 Å². The molecule has 1 atom stereocenters. The first-order chi connectivity index (χ1) is 13.4. The van der Waals surface area contributed by atoms with E-state index >= 15 is 0 Å². The van der Waals surface area contributed by atoms with Crippen LogP contribution in [0.2, 0.25) is 0 Å². The predicted octanol–water partition coefficient (Wildman–Crippen LogP) is 4.35. The number of Topliss-reactive ketones (excluding diaryl/α,β-unsaturated/α-hetero) is 1. The number of hydrogen-bond acceptors (Lipinski definition) is 4. The van der Waals surface area contributed by atoms with E-state index in [4.69, 9.17) is 4.42 Å². The Kier molecular flexibility index (Phi) is 5.49. The number of para-hydroxylation sites is 1. The summed E-state index contributed by atoms with van der Waals surface area (Å²) in [5.41, 5.74) is -1.05. The molecule has 8 heteroatoms. The molecule has 0 unspecified atom stereocenters. The predicted molar refractivity (Wildman–Crippen MR) is 95.8 cm³/mol. The average molecular weight is 388 g/mol. The molecule has 5 nitrogen and oxygen atoms in total. The van der Waals surface area contributed by atoms with Crippen LogP contribution in [0.5, 0.6) is 0 Å². The van der Waals surface area contributed by atoms with Crippen molar-refractivity contribution in [1.29, 1.82) is 0 Å². The third-order valence-electron chi connectivity index (χ3n) is 3.87. The van der Waals surface area contributed by atoms with Gasteiger partial charge < -0.3 is 15.1 Å². The van der Waals surface area contributed by atoms with Gasteiger partial charge in [0.15, 0.2) is 11.9 Å². The molecule has 0 saturated heterocycles. The van der Waals surface area contributed by atoms with Gasteiger partial charge >= 0.3 is 6.18 Å². The Hall–Kier alpha value is -3.55. The van der Waals surface area contributed by atoms with Gasteiger partial charge in [0.2, 0.25) is 5.78 Å². The number of carbonyl (C=O) groups excluding carboxylic acids is 2. The van der Waals surface area contributed by atoms with Gasteiger partial charge in [-0.1, -0.05) is 42.5 Å². The molecule has 0 aliphatic rings. The molecule has 0 fully saturated rings. The van der Waals surface area contributed by atoms with Crippen molar-refractivity contribution in [2.45, 2.75) is 12.3 Å². The summed E-state index contributed by atoms with van der Waals surface area (Å²) >= 11 is 0. The minimum atomic E-state index is -4.63. The van der Waals surface area contributed by atoms with E-state index in [1.807, 2.05) is 0 Å². The Bertz CT molecular complexity index is 954. The maximum atomic E-state index is 13.3. The lowest BCUT2D eigenvalue weighted by molar-refractivity contribution is -0.137. The van der Waals surface area contributed by atoms with Crippen molar-refractivity contribution in [3.8, 4) is 0 Å². The van der Waals surface area contributed by atoms with Crippen molar-refractivity contribution in [1.82, 2.24) is 5.32 Å². The van der Waals surface area contributed by atoms with Crippen LogP contribution in [0.15, 0.2) is 77.4 Å². The minimum Gasteiger partial charge on any atom is -0.459 e. The van der Waals surface area contributed by atoms with Crippen LogP contribution in [-0.2, 0) is 6.18 Å². The van der Waals surface area contributed by atoms with Gasteiger partial charge in [0.25, 0.3) is 5.91 Å². The summed E-state index contributed by atoms with van der Waals surface area (Å²) < 4.78 is 44.8. The lowest BCUT2D eigenvalue weighted by Crippen LogP contribution is -2.46. The molecule has 0 saturated carbocycles. The first-order valence-electron chi connectivity index (χ1n) is 8.22. The molecular formula is C20H15F3N2O3. The smallest absolute Gasteiger partial charge is 0.418 e. The molecule has 2 N–H and O–H groups in total. The Balaban J connectivity index is 1.93. The number of rotatable bonds is 6. The summed E-state index contributed by atoms with van der Waals surface area (Å²) in [6.07, 6.45) is -4.80. The molecule has 28 heavy (non-hydrogen) atoms. The number of carbonyl (C=O) groups is 2. The second kappa shape index (κ2) is 7.99. The van der Waals surface area contributed by atoms with E-state index in [9.17, 15) is 22.8 Å². The number of anilines is 1. The normalized spacial score (nSPS) is 12.2. The highest BCUT2D eigenvalue weighted by molar-refractivity contribution is 6.04. The van der Waals surface area contributed by atoms with E-state index < -0.39 is 29.6 Å². The van der Waals surface area contributed by atoms with E-state index in [0.29, 0.717) is 0 Å². The fourth-order valence-electron chi connectivity index (χ4n) is 2.56. The summed E-state index contributed by atoms with van der Waals surface area (Å²) in [5, 5.41) is 4.89. The van der Waals surface area contributed by atoms with Crippen molar-refractivity contribution in [3.63, 3.8) is 0 Å². The monoisotopic (exact) mass is 388 g/mol. The number of hydrogen-bond donors (Lipinski definition) is 2. The van der Waals surface area contributed by atoms with Crippen LogP contribution in [0.1, 0.15) is 26.5 Å². The third kappa shape index (κ3) is 4.40. The van der Waals surface area contributed by atoms with Crippen LogP contribution < -0.4 is 10.6 Å². The number of ketones is 1. The summed E-state index contributed by atoms with van der Waals surface area (Å²) in [5.74, 6) is -1.41. The molecule has 3 rings (SSSR count). The number of furan rings is 1. The molecule has 1 amide bonds. The first kappa shape index (κ1) is 19.2. The zero-order valence-corrected chi connectivity index (χ0v) is 14.4. The van der Waals surface area contributed by atoms with E-state index in [1.165, 1.54) is 48.7 Å². The van der Waals surface area contributed by atoms with Gasteiger partial charge in [0.1, 0.15) is 0 Å². The standard InChI is InChI=1S/C20H15F3N2O3/c21-20(22,23)14-9-4-5-10-15(14)24-18(17(26)13-7-2-1-3-8-13)25-19(27)16-11-6-12-28-16/h1-12,18,24H,(H,25,27)/t18-/m1/s1. The van der Waals surface area contributed by atoms with Gasteiger partial charge in [-0.3, -0.25) is 9.59 Å². The molecule has 144 valence electrons. The zero-order chi connectivity index (χ0) is 20.1. The van der Waals surface area contributed by atoms with Crippen LogP contribution in [-0.4, -0.2) is 17.9 Å². The number of benzene rings is 2. The van der Waals surface area contributed by atoms with Crippen molar-refractivity contribution in [2.75, 3.05) is 5.32 Å². The molecule has 0 aliphatic heterocycles. The number of nitrogens with one attached hydrogen (secondary N) is 2. The molecule has 0 bridgehead atoms. The minimum absolute atomic E-state index is 0.0724. The largest absolute Gasteiger partial charge is 0.459 e. The van der Waals surface area contributed by atoms with Crippen LogP contribution >= 0.6 is 0 Å². The van der Waals surface area contributed by atoms with E-state index in [-0.39, 0.29) is 17.0 Å². The highest BCUT2D eigenvalue weighted by Gasteiger charge is 2.34. The van der Waals surface area contributed by atoms with Crippen LogP contribution in [0.25, 0.3) is 0 Å². The maximum Gasteiger partial charge on any atom is 0.418 e. The van der Waals surface area contributed by atoms with Gasteiger partial charge in [0, 0.05) is 11.3 Å². The Morgan fingerprint density at radius 1 is 0.893 bits per heavy atom. The van der Waals surface area contributed by atoms with Crippen LogP contribution in [0, 0.1) is 0 Å². The number of alkyl halides is 3. The number of halogens is 3. The summed E-state index contributed by atoms with van der Waals surface area (Å²) in [4.78, 5) is 25.1. The average Bonchev–Trinajstić information content (AvgIpc) is 3.22. The zero-order valence-electron chi connectivity index (χ0n) is 14.4. The molecular weight excluding hydrogens is 373 g/mol. The topological polar surface area (TPSA) is 71.3 Å². The molecule has 0 aliphatic carbocycles. The van der Waals surface area contributed by atoms with E-state index in [0.717, 1.165) is 6.07 Å². The van der Waals surface area contributed by atoms with E-state index in [2.05, 4.69) is 10.6 Å². The SMILES string of the molecule is O=C(N[C@@H](Nc1ccccc1C(F)(F)F)C(=O)c1ccccc1)c1ccco1. The van der Waals surface area contributed by atoms with E-state index in [1.54, 1.807) is 18.2 Å². The van der Waals surface area contributed by atoms with Gasteiger partial charge in [-0.15, -0.1) is 0 Å². The molecule has 3 aromatic rings. The highest BCUT2D eigenvalue weighted by Crippen LogP contribution is 2.34. The Morgan fingerprint density at radius 2 is 1.57 bits per heavy atom. The summed E-state index contributed by atoms with van der Waals surface area (Å²) in [6, 6.07) is 15.5. The Morgan fingerprint density at radius 3 is 2.21 bits per heavy atom. The lowest BCUT2D eigenvalue weighted by atomic mass is 10.1. The highest BCUT2D eigenvalue weighted by atomic mass is 19.4. The Labute approximate surface area is 158 Å². The molecule has 2 aromatic carbocycles. The fraction of sp³-hybridized carbons (Fsp3) is 0.100. The summed E-state index contributed by atoms with van der Waals surface area (Å²) in [7, 11) is 0. The lowest BCUT2D eigenvalue weighted by Gasteiger charge is -2.22. The van der Waals surface area contributed by atoms with Crippen LogP contribution in [0.3, 0.4) is 0 Å². The number of amides is 1. The third-order valence-corrected chi connectivity index (χ3v) is 3.87. The van der Waals surface area contributed by atoms with Crippen molar-refractivity contribution in [3.05, 3.63) is 89.9 Å². The molecule has 0 radical (unpaired) electrons. The molecule has 1 aromatic heterocycles. The first-order valence-corrected chi connectivity index (χ1v) is 8.22. The van der Waals surface area contributed by atoms with Gasteiger partial charge in [-0.25, -0.2) is 0 Å². The quantitative estimate of drug-likeness (QED) is 0.487. The maximum absolute atomic E-state index is 13.3. The van der Waals surface area contributed by atoms with Gasteiger partial charge in [-0.2, -0.15) is 13.2 Å². The van der Waals surface area contributed by atoms with Crippen molar-refractivity contribution >= 4 is 17.4 Å². The summed E-state index contributed by atoms with van der Waals surface area (Å²) in [6.45, 7) is 0. The molecule has 0 spiro atoms. The second-order valence-corrected chi connectivity index (χ2v) is 5.80.